The fourth-order valence-corrected chi connectivity index (χ4v) is 3.49. The molecule has 5 rings (SSSR count). The lowest BCUT2D eigenvalue weighted by atomic mass is 10.0. The fourth-order valence-electron chi connectivity index (χ4n) is 3.49. The Kier molecular flexibility index (Phi) is 3.92. The normalized spacial score (nSPS) is 17.3. The van der Waals surface area contributed by atoms with E-state index < -0.39 is 0 Å². The number of fused-ring (bicyclic) bond motifs is 1. The third-order valence-corrected chi connectivity index (χ3v) is 4.92. The van der Waals surface area contributed by atoms with Gasteiger partial charge in [-0.3, -0.25) is 10.1 Å². The fraction of sp³-hybridized carbons (Fsp3) is 0.263. The maximum absolute atomic E-state index is 5.44. The first-order valence-corrected chi connectivity index (χ1v) is 9.02. The molecule has 0 spiro atoms. The summed E-state index contributed by atoms with van der Waals surface area (Å²) in [5, 5.41) is 10.7. The van der Waals surface area contributed by atoms with Crippen molar-refractivity contribution < 1.29 is 4.74 Å². The minimum atomic E-state index is 0.741. The number of pyridine rings is 1. The first kappa shape index (κ1) is 16.1. The van der Waals surface area contributed by atoms with Crippen molar-refractivity contribution in [2.75, 3.05) is 38.3 Å². The minimum Gasteiger partial charge on any atom is -0.378 e. The number of hydrogen-bond donors (Lipinski definition) is 3. The molecule has 0 amide bonds. The quantitative estimate of drug-likeness (QED) is 0.654. The molecule has 8 heteroatoms. The highest BCUT2D eigenvalue weighted by Gasteiger charge is 2.16. The van der Waals surface area contributed by atoms with Gasteiger partial charge in [0.15, 0.2) is 0 Å². The highest BCUT2D eigenvalue weighted by Crippen LogP contribution is 2.30. The zero-order chi connectivity index (χ0) is 18.2. The van der Waals surface area contributed by atoms with Crippen LogP contribution >= 0.6 is 0 Å². The van der Waals surface area contributed by atoms with Crippen LogP contribution in [0.1, 0.15) is 5.56 Å². The van der Waals surface area contributed by atoms with Crippen molar-refractivity contribution in [3.63, 3.8) is 0 Å². The number of ether oxygens (including phenoxy) is 1. The van der Waals surface area contributed by atoms with Crippen molar-refractivity contribution in [3.8, 4) is 11.3 Å². The first-order chi connectivity index (χ1) is 13.3. The summed E-state index contributed by atoms with van der Waals surface area (Å²) in [5.74, 6) is 0.967. The van der Waals surface area contributed by atoms with Crippen molar-refractivity contribution in [3.05, 3.63) is 48.3 Å². The minimum absolute atomic E-state index is 0.741. The van der Waals surface area contributed by atoms with Crippen LogP contribution in [0.25, 0.3) is 27.9 Å². The van der Waals surface area contributed by atoms with Gasteiger partial charge in [0.2, 0.25) is 0 Å². The molecular weight excluding hydrogens is 342 g/mol. The van der Waals surface area contributed by atoms with E-state index >= 15 is 0 Å². The number of rotatable bonds is 3. The second kappa shape index (κ2) is 6.57. The Morgan fingerprint density at radius 1 is 1.07 bits per heavy atom. The second-order valence-electron chi connectivity index (χ2n) is 6.73. The van der Waals surface area contributed by atoms with E-state index in [9.17, 15) is 0 Å². The molecule has 1 fully saturated rings. The number of anilines is 1. The van der Waals surface area contributed by atoms with Gasteiger partial charge in [0, 0.05) is 49.0 Å². The highest BCUT2D eigenvalue weighted by atomic mass is 16.5. The summed E-state index contributed by atoms with van der Waals surface area (Å²) in [6.45, 7) is 3.21. The van der Waals surface area contributed by atoms with E-state index in [2.05, 4.69) is 55.3 Å². The van der Waals surface area contributed by atoms with Crippen molar-refractivity contribution in [2.24, 2.45) is 0 Å². The molecule has 0 saturated carbocycles. The lowest BCUT2D eigenvalue weighted by molar-refractivity contribution is 0.122. The van der Waals surface area contributed by atoms with Crippen molar-refractivity contribution in [1.82, 2.24) is 31.2 Å². The monoisotopic (exact) mass is 363 g/mol. The molecular formula is C19H21N7O. The Balaban J connectivity index is 1.54. The molecule has 0 bridgehead atoms. The molecule has 8 nitrogen and oxygen atoms in total. The van der Waals surface area contributed by atoms with Crippen LogP contribution in [0.15, 0.2) is 42.7 Å². The van der Waals surface area contributed by atoms with E-state index in [1.54, 1.807) is 0 Å². The van der Waals surface area contributed by atoms with Crippen LogP contribution in [0.5, 0.6) is 0 Å². The van der Waals surface area contributed by atoms with E-state index in [0.29, 0.717) is 0 Å². The van der Waals surface area contributed by atoms with E-state index in [-0.39, 0.29) is 0 Å². The Morgan fingerprint density at radius 2 is 1.96 bits per heavy atom. The molecule has 2 aliphatic rings. The average molecular weight is 363 g/mol. The SMILES string of the molecule is CN1C=C(c2ccc3[nH]nc(-c4ccnc(N5CCOCC5)c4)c3c2)NN1. The van der Waals surface area contributed by atoms with Crippen LogP contribution in [-0.4, -0.2) is 53.5 Å². The average Bonchev–Trinajstić information content (AvgIpc) is 3.34. The zero-order valence-electron chi connectivity index (χ0n) is 15.1. The number of nitrogens with one attached hydrogen (secondary N) is 3. The summed E-state index contributed by atoms with van der Waals surface area (Å²) in [6.07, 6.45) is 3.87. The Bertz CT molecular complexity index is 1010. The molecule has 0 unspecified atom stereocenters. The summed E-state index contributed by atoms with van der Waals surface area (Å²) in [6, 6.07) is 10.4. The van der Waals surface area contributed by atoms with Crippen LogP contribution in [0, 0.1) is 0 Å². The number of hydrogen-bond acceptors (Lipinski definition) is 7. The first-order valence-electron chi connectivity index (χ1n) is 9.02. The number of H-pyrrole nitrogens is 1. The van der Waals surface area contributed by atoms with Gasteiger partial charge >= 0.3 is 0 Å². The number of aromatic nitrogens is 3. The highest BCUT2D eigenvalue weighted by molar-refractivity contribution is 5.95. The predicted octanol–water partition coefficient (Wildman–Crippen LogP) is 1.71. The van der Waals surface area contributed by atoms with E-state index in [0.717, 1.165) is 65.5 Å². The van der Waals surface area contributed by atoms with Gasteiger partial charge in [0.1, 0.15) is 11.5 Å². The molecule has 3 aromatic rings. The van der Waals surface area contributed by atoms with Crippen LogP contribution in [0.2, 0.25) is 0 Å². The molecule has 2 aliphatic heterocycles. The largest absolute Gasteiger partial charge is 0.378 e. The molecule has 0 radical (unpaired) electrons. The van der Waals surface area contributed by atoms with Gasteiger partial charge in [0.05, 0.1) is 24.4 Å². The predicted molar refractivity (Wildman–Crippen MR) is 104 cm³/mol. The Hall–Kier alpha value is -3.10. The lowest BCUT2D eigenvalue weighted by Gasteiger charge is -2.27. The second-order valence-corrected chi connectivity index (χ2v) is 6.73. The smallest absolute Gasteiger partial charge is 0.129 e. The van der Waals surface area contributed by atoms with Gasteiger partial charge < -0.3 is 15.1 Å². The summed E-state index contributed by atoms with van der Waals surface area (Å²) < 4.78 is 5.44. The number of nitrogens with zero attached hydrogens (tertiary/aromatic N) is 4. The molecule has 4 heterocycles. The van der Waals surface area contributed by atoms with Gasteiger partial charge in [-0.15, -0.1) is 5.53 Å². The van der Waals surface area contributed by atoms with Crippen LogP contribution in [-0.2, 0) is 4.74 Å². The summed E-state index contributed by atoms with van der Waals surface area (Å²) in [5.41, 5.74) is 11.3. The van der Waals surface area contributed by atoms with E-state index in [1.807, 2.05) is 30.5 Å². The van der Waals surface area contributed by atoms with E-state index in [1.165, 1.54) is 0 Å². The van der Waals surface area contributed by atoms with Gasteiger partial charge in [-0.05, 0) is 24.3 Å². The Morgan fingerprint density at radius 3 is 2.78 bits per heavy atom. The number of hydrazine groups is 2. The topological polar surface area (TPSA) is 81.3 Å². The van der Waals surface area contributed by atoms with Crippen LogP contribution in [0.3, 0.4) is 0 Å². The van der Waals surface area contributed by atoms with Crippen LogP contribution in [0.4, 0.5) is 5.82 Å². The van der Waals surface area contributed by atoms with Gasteiger partial charge in [-0.2, -0.15) is 5.10 Å². The maximum atomic E-state index is 5.44. The lowest BCUT2D eigenvalue weighted by Crippen LogP contribution is -2.36. The number of morpholine rings is 1. The maximum Gasteiger partial charge on any atom is 0.129 e. The molecule has 2 aromatic heterocycles. The molecule has 3 N–H and O–H groups in total. The van der Waals surface area contributed by atoms with Gasteiger partial charge in [0.25, 0.3) is 0 Å². The van der Waals surface area contributed by atoms with Crippen molar-refractivity contribution >= 4 is 22.4 Å². The third kappa shape index (κ3) is 2.98. The van der Waals surface area contributed by atoms with Gasteiger partial charge in [-0.25, -0.2) is 4.98 Å². The van der Waals surface area contributed by atoms with Gasteiger partial charge in [-0.1, -0.05) is 6.07 Å². The van der Waals surface area contributed by atoms with Crippen LogP contribution < -0.4 is 15.9 Å². The summed E-state index contributed by atoms with van der Waals surface area (Å²) in [7, 11) is 1.95. The third-order valence-electron chi connectivity index (χ3n) is 4.92. The van der Waals surface area contributed by atoms with Crippen molar-refractivity contribution in [2.45, 2.75) is 0 Å². The number of aromatic amines is 1. The molecule has 138 valence electrons. The molecule has 0 aliphatic carbocycles. The summed E-state index contributed by atoms with van der Waals surface area (Å²) in [4.78, 5) is 6.79. The van der Waals surface area contributed by atoms with E-state index in [4.69, 9.17) is 4.74 Å². The number of benzene rings is 1. The molecule has 27 heavy (non-hydrogen) atoms. The molecule has 0 atom stereocenters. The molecule has 1 saturated heterocycles. The Labute approximate surface area is 156 Å². The standard InChI is InChI=1S/C19H21N7O/c1-25-12-17(22-24-25)13-2-3-16-15(10-13)19(23-21-16)14-4-5-20-18(11-14)26-6-8-27-9-7-26/h2-5,10-12,22,24H,6-9H2,1H3,(H,21,23). The zero-order valence-corrected chi connectivity index (χ0v) is 15.1. The van der Waals surface area contributed by atoms with Crippen molar-refractivity contribution in [1.29, 1.82) is 0 Å². The molecule has 1 aromatic carbocycles. The summed E-state index contributed by atoms with van der Waals surface area (Å²) >= 11 is 0.